The summed E-state index contributed by atoms with van der Waals surface area (Å²) in [7, 11) is 4.05. The zero-order valence-corrected chi connectivity index (χ0v) is 12.5. The topological polar surface area (TPSA) is 35.6 Å². The van der Waals surface area contributed by atoms with E-state index in [0.29, 0.717) is 6.54 Å². The van der Waals surface area contributed by atoms with Crippen molar-refractivity contribution >= 4 is 17.7 Å². The van der Waals surface area contributed by atoms with Crippen LogP contribution in [0.25, 0.3) is 0 Å². The Morgan fingerprint density at radius 2 is 2.05 bits per heavy atom. The van der Waals surface area contributed by atoms with Crippen LogP contribution in [-0.4, -0.2) is 55.7 Å². The number of carbonyl (C=O) groups excluding carboxylic acids is 1. The van der Waals surface area contributed by atoms with Crippen LogP contribution in [0.2, 0.25) is 0 Å². The first kappa shape index (κ1) is 14.4. The maximum absolute atomic E-state index is 11.9. The summed E-state index contributed by atoms with van der Waals surface area (Å²) < 4.78 is 0. The van der Waals surface area contributed by atoms with Crippen molar-refractivity contribution in [2.45, 2.75) is 11.1 Å². The second-order valence-electron chi connectivity index (χ2n) is 4.95. The van der Waals surface area contributed by atoms with Crippen LogP contribution in [-0.2, 0) is 4.79 Å². The van der Waals surface area contributed by atoms with Crippen LogP contribution in [0.1, 0.15) is 11.7 Å². The lowest BCUT2D eigenvalue weighted by atomic mass is 10.1. The Morgan fingerprint density at radius 1 is 1.37 bits per heavy atom. The third kappa shape index (κ3) is 3.49. The Morgan fingerprint density at radius 3 is 2.63 bits per heavy atom. The molecule has 0 bridgehead atoms. The van der Waals surface area contributed by atoms with E-state index in [1.165, 1.54) is 4.90 Å². The Kier molecular flexibility index (Phi) is 4.85. The van der Waals surface area contributed by atoms with Crippen LogP contribution in [0, 0.1) is 0 Å². The number of amides is 1. The molecule has 1 unspecified atom stereocenters. The van der Waals surface area contributed by atoms with Crippen LogP contribution >= 0.6 is 11.8 Å². The van der Waals surface area contributed by atoms with E-state index in [9.17, 15) is 4.79 Å². The number of benzene rings is 1. The van der Waals surface area contributed by atoms with Crippen molar-refractivity contribution in [3.05, 3.63) is 29.8 Å². The zero-order valence-electron chi connectivity index (χ0n) is 11.7. The van der Waals surface area contributed by atoms with Gasteiger partial charge in [-0.15, -0.1) is 11.8 Å². The molecule has 1 saturated heterocycles. The number of likely N-dealkylation sites (N-methyl/N-ethyl adjacent to an activating group) is 1. The van der Waals surface area contributed by atoms with Gasteiger partial charge in [-0.05, 0) is 38.0 Å². The minimum Gasteiger partial charge on any atom is -0.321 e. The summed E-state index contributed by atoms with van der Waals surface area (Å²) in [4.78, 5) is 17.2. The molecule has 1 fully saturated rings. The molecular weight excluding hydrogens is 258 g/mol. The minimum absolute atomic E-state index is 0.0170. The van der Waals surface area contributed by atoms with Crippen LogP contribution in [0.3, 0.4) is 0 Å². The van der Waals surface area contributed by atoms with Gasteiger partial charge in [0.25, 0.3) is 0 Å². The van der Waals surface area contributed by atoms with Crippen molar-refractivity contribution in [3.8, 4) is 0 Å². The van der Waals surface area contributed by atoms with Gasteiger partial charge in [0.05, 0.1) is 6.54 Å². The summed E-state index contributed by atoms with van der Waals surface area (Å²) in [6.45, 7) is 2.07. The fourth-order valence-corrected chi connectivity index (χ4v) is 2.59. The molecule has 1 aliphatic rings. The van der Waals surface area contributed by atoms with Gasteiger partial charge < -0.3 is 9.80 Å². The average molecular weight is 279 g/mol. The van der Waals surface area contributed by atoms with Crippen molar-refractivity contribution in [1.29, 1.82) is 0 Å². The number of rotatable bonds is 5. The summed E-state index contributed by atoms with van der Waals surface area (Å²) in [6, 6.07) is 8.42. The second-order valence-corrected chi connectivity index (χ2v) is 5.83. The first-order valence-electron chi connectivity index (χ1n) is 6.43. The molecule has 1 aliphatic heterocycles. The fourth-order valence-electron chi connectivity index (χ4n) is 2.19. The normalized spacial score (nSPS) is 19.5. The van der Waals surface area contributed by atoms with Gasteiger partial charge >= 0.3 is 0 Å². The van der Waals surface area contributed by atoms with Gasteiger partial charge in [-0.1, -0.05) is 12.1 Å². The standard InChI is InChI=1S/C14H21N3OS/c1-16(2)8-9-17-13(18)10-15-14(17)11-4-6-12(19-3)7-5-11/h4-7,14-15H,8-10H2,1-3H3. The number of carbonyl (C=O) groups is 1. The lowest BCUT2D eigenvalue weighted by Gasteiger charge is -2.26. The SMILES string of the molecule is CSc1ccc(C2NCC(=O)N2CCN(C)C)cc1. The smallest absolute Gasteiger partial charge is 0.238 e. The molecular formula is C14H21N3OS. The molecule has 1 aromatic carbocycles. The van der Waals surface area contributed by atoms with E-state index >= 15 is 0 Å². The molecule has 2 rings (SSSR count). The largest absolute Gasteiger partial charge is 0.321 e. The van der Waals surface area contributed by atoms with E-state index in [1.54, 1.807) is 11.8 Å². The number of hydrogen-bond donors (Lipinski definition) is 1. The molecule has 104 valence electrons. The van der Waals surface area contributed by atoms with Gasteiger partial charge in [-0.3, -0.25) is 10.1 Å². The van der Waals surface area contributed by atoms with Crippen molar-refractivity contribution in [1.82, 2.24) is 15.1 Å². The molecule has 1 heterocycles. The summed E-state index contributed by atoms with van der Waals surface area (Å²) >= 11 is 1.73. The number of hydrogen-bond acceptors (Lipinski definition) is 4. The molecule has 0 radical (unpaired) electrons. The van der Waals surface area contributed by atoms with Crippen molar-refractivity contribution in [2.24, 2.45) is 0 Å². The van der Waals surface area contributed by atoms with Crippen molar-refractivity contribution < 1.29 is 4.79 Å². The molecule has 1 aromatic rings. The molecule has 1 atom stereocenters. The van der Waals surface area contributed by atoms with Gasteiger partial charge in [-0.2, -0.15) is 0 Å². The predicted molar refractivity (Wildman–Crippen MR) is 79.2 cm³/mol. The Labute approximate surface area is 119 Å². The molecule has 5 heteroatoms. The Balaban J connectivity index is 2.10. The molecule has 0 aromatic heterocycles. The maximum Gasteiger partial charge on any atom is 0.238 e. The summed E-state index contributed by atoms with van der Waals surface area (Å²) in [5, 5.41) is 3.29. The van der Waals surface area contributed by atoms with Gasteiger partial charge in [0.2, 0.25) is 5.91 Å². The third-order valence-electron chi connectivity index (χ3n) is 3.30. The third-order valence-corrected chi connectivity index (χ3v) is 4.04. The van der Waals surface area contributed by atoms with E-state index in [1.807, 2.05) is 19.0 Å². The number of thioether (sulfide) groups is 1. The minimum atomic E-state index is 0.0170. The lowest BCUT2D eigenvalue weighted by molar-refractivity contribution is -0.128. The maximum atomic E-state index is 11.9. The van der Waals surface area contributed by atoms with Gasteiger partial charge in [0, 0.05) is 18.0 Å². The molecule has 0 saturated carbocycles. The van der Waals surface area contributed by atoms with E-state index in [0.717, 1.165) is 18.7 Å². The quantitative estimate of drug-likeness (QED) is 0.827. The molecule has 0 spiro atoms. The highest BCUT2D eigenvalue weighted by Gasteiger charge is 2.30. The van der Waals surface area contributed by atoms with Crippen LogP contribution in [0.4, 0.5) is 0 Å². The highest BCUT2D eigenvalue weighted by molar-refractivity contribution is 7.98. The highest BCUT2D eigenvalue weighted by Crippen LogP contribution is 2.24. The predicted octanol–water partition coefficient (Wildman–Crippen LogP) is 1.40. The lowest BCUT2D eigenvalue weighted by Crippen LogP contribution is -2.36. The molecule has 0 aliphatic carbocycles. The molecule has 19 heavy (non-hydrogen) atoms. The molecule has 1 N–H and O–H groups in total. The van der Waals surface area contributed by atoms with Crippen LogP contribution in [0.5, 0.6) is 0 Å². The van der Waals surface area contributed by atoms with Gasteiger partial charge in [0.15, 0.2) is 0 Å². The molecule has 4 nitrogen and oxygen atoms in total. The zero-order chi connectivity index (χ0) is 13.8. The summed E-state index contributed by atoms with van der Waals surface area (Å²) in [5.41, 5.74) is 1.16. The summed E-state index contributed by atoms with van der Waals surface area (Å²) in [6.07, 6.45) is 2.08. The van der Waals surface area contributed by atoms with Crippen LogP contribution in [0.15, 0.2) is 29.2 Å². The first-order valence-corrected chi connectivity index (χ1v) is 7.66. The first-order chi connectivity index (χ1) is 9.11. The molecule has 1 amide bonds. The van der Waals surface area contributed by atoms with Gasteiger partial charge in [-0.25, -0.2) is 0 Å². The van der Waals surface area contributed by atoms with Crippen molar-refractivity contribution in [3.63, 3.8) is 0 Å². The van der Waals surface area contributed by atoms with E-state index < -0.39 is 0 Å². The monoisotopic (exact) mass is 279 g/mol. The highest BCUT2D eigenvalue weighted by atomic mass is 32.2. The number of nitrogens with one attached hydrogen (secondary N) is 1. The van der Waals surface area contributed by atoms with Crippen molar-refractivity contribution in [2.75, 3.05) is 40.0 Å². The van der Waals surface area contributed by atoms with E-state index in [-0.39, 0.29) is 12.1 Å². The second kappa shape index (κ2) is 6.41. The Hall–Kier alpha value is -1.04. The number of nitrogens with zero attached hydrogens (tertiary/aromatic N) is 2. The van der Waals surface area contributed by atoms with Crippen LogP contribution < -0.4 is 5.32 Å². The average Bonchev–Trinajstić information content (AvgIpc) is 2.78. The van der Waals surface area contributed by atoms with E-state index in [4.69, 9.17) is 0 Å². The Bertz CT molecular complexity index is 433. The fraction of sp³-hybridized carbons (Fsp3) is 0.500. The van der Waals surface area contributed by atoms with Gasteiger partial charge in [0.1, 0.15) is 6.17 Å². The summed E-state index contributed by atoms with van der Waals surface area (Å²) in [5.74, 6) is 0.181. The van der Waals surface area contributed by atoms with E-state index in [2.05, 4.69) is 40.7 Å².